The van der Waals surface area contributed by atoms with Gasteiger partial charge in [-0.2, -0.15) is 0 Å². The molecule has 0 spiro atoms. The number of rotatable bonds is 4. The van der Waals surface area contributed by atoms with E-state index in [1.807, 2.05) is 18.2 Å². The first-order chi connectivity index (χ1) is 6.20. The van der Waals surface area contributed by atoms with E-state index in [9.17, 15) is 0 Å². The van der Waals surface area contributed by atoms with Gasteiger partial charge in [0.2, 0.25) is 0 Å². The van der Waals surface area contributed by atoms with Crippen molar-refractivity contribution < 1.29 is 5.11 Å². The summed E-state index contributed by atoms with van der Waals surface area (Å²) < 4.78 is 0. The van der Waals surface area contributed by atoms with Crippen LogP contribution in [-0.4, -0.2) is 10.5 Å². The van der Waals surface area contributed by atoms with Crippen molar-refractivity contribution in [3.63, 3.8) is 0 Å². The molecule has 0 fully saturated rings. The Labute approximate surface area is 87.3 Å². The van der Waals surface area contributed by atoms with Crippen molar-refractivity contribution in [2.24, 2.45) is 0 Å². The fourth-order valence-corrected chi connectivity index (χ4v) is 2.75. The van der Waals surface area contributed by atoms with E-state index in [0.717, 1.165) is 0 Å². The fourth-order valence-electron chi connectivity index (χ4n) is 0.876. The van der Waals surface area contributed by atoms with Crippen LogP contribution in [0.3, 0.4) is 0 Å². The van der Waals surface area contributed by atoms with Gasteiger partial charge in [-0.25, -0.2) is 0 Å². The van der Waals surface area contributed by atoms with E-state index >= 15 is 0 Å². The summed E-state index contributed by atoms with van der Waals surface area (Å²) >= 11 is 0. The van der Waals surface area contributed by atoms with Crippen LogP contribution < -0.4 is 0 Å². The summed E-state index contributed by atoms with van der Waals surface area (Å²) in [7, 11) is 3.16. The second-order valence-corrected chi connectivity index (χ2v) is 5.68. The summed E-state index contributed by atoms with van der Waals surface area (Å²) in [5.74, 6) is 0. The molecular weight excluding hydrogens is 200 g/mol. The van der Waals surface area contributed by atoms with Gasteiger partial charge in [-0.1, -0.05) is 45.9 Å². The molecule has 13 heavy (non-hydrogen) atoms. The molecule has 1 nitrogen and oxygen atoms in total. The van der Waals surface area contributed by atoms with Crippen LogP contribution in [0, 0.1) is 6.07 Å². The monoisotopic (exact) mass is 213 g/mol. The maximum absolute atomic E-state index is 9.08. The topological polar surface area (TPSA) is 20.2 Å². The first-order valence-corrected chi connectivity index (χ1v) is 6.44. The average Bonchev–Trinajstić information content (AvgIpc) is 2.15. The second kappa shape index (κ2) is 5.58. The SMILES string of the molecule is CC(O)SSC(C)c1[c]cccc1. The minimum atomic E-state index is -0.309. The third-order valence-corrected chi connectivity index (χ3v) is 4.48. The molecule has 0 heterocycles. The molecule has 0 aliphatic heterocycles. The van der Waals surface area contributed by atoms with E-state index in [0.29, 0.717) is 5.25 Å². The Bertz CT molecular complexity index is 236. The van der Waals surface area contributed by atoms with Crippen LogP contribution in [0.25, 0.3) is 0 Å². The van der Waals surface area contributed by atoms with Crippen LogP contribution in [0.5, 0.6) is 0 Å². The minimum absolute atomic E-state index is 0.309. The van der Waals surface area contributed by atoms with E-state index in [1.165, 1.54) is 16.4 Å². The summed E-state index contributed by atoms with van der Waals surface area (Å²) in [6.45, 7) is 3.89. The summed E-state index contributed by atoms with van der Waals surface area (Å²) in [4.78, 5) is 0. The molecule has 1 radical (unpaired) electrons. The van der Waals surface area contributed by atoms with Crippen LogP contribution >= 0.6 is 21.6 Å². The van der Waals surface area contributed by atoms with Crippen LogP contribution in [0.2, 0.25) is 0 Å². The van der Waals surface area contributed by atoms with Gasteiger partial charge in [0.05, 0.1) is 0 Å². The third-order valence-electron chi connectivity index (χ3n) is 1.51. The molecule has 0 saturated heterocycles. The molecule has 1 N–H and O–H groups in total. The normalized spacial score (nSPS) is 15.3. The van der Waals surface area contributed by atoms with Crippen molar-refractivity contribution in [3.05, 3.63) is 35.9 Å². The Hall–Kier alpha value is -0.120. The van der Waals surface area contributed by atoms with Gasteiger partial charge in [0.25, 0.3) is 0 Å². The standard InChI is InChI=1S/C10H13OS2/c1-8(12-13-9(2)11)10-6-4-3-5-7-10/h3-6,8-9,11H,1-2H3. The number of hydrogen-bond acceptors (Lipinski definition) is 3. The number of aliphatic hydroxyl groups excluding tert-OH is 1. The summed E-state index contributed by atoms with van der Waals surface area (Å²) in [5, 5.41) is 9.46. The van der Waals surface area contributed by atoms with Crippen LogP contribution in [0.4, 0.5) is 0 Å². The first-order valence-electron chi connectivity index (χ1n) is 4.17. The minimum Gasteiger partial charge on any atom is -0.382 e. The third kappa shape index (κ3) is 4.07. The largest absolute Gasteiger partial charge is 0.382 e. The van der Waals surface area contributed by atoms with Crippen molar-refractivity contribution in [1.29, 1.82) is 0 Å². The number of benzene rings is 1. The van der Waals surface area contributed by atoms with Crippen molar-refractivity contribution in [1.82, 2.24) is 0 Å². The molecule has 1 aromatic rings. The van der Waals surface area contributed by atoms with E-state index in [-0.39, 0.29) is 5.44 Å². The van der Waals surface area contributed by atoms with Crippen LogP contribution in [0.1, 0.15) is 24.7 Å². The highest BCUT2D eigenvalue weighted by atomic mass is 33.1. The zero-order valence-electron chi connectivity index (χ0n) is 7.73. The molecule has 1 rings (SSSR count). The van der Waals surface area contributed by atoms with Crippen molar-refractivity contribution in [2.45, 2.75) is 24.5 Å². The Morgan fingerprint density at radius 3 is 2.62 bits per heavy atom. The van der Waals surface area contributed by atoms with Gasteiger partial charge in [0, 0.05) is 5.25 Å². The Morgan fingerprint density at radius 2 is 2.08 bits per heavy atom. The summed E-state index contributed by atoms with van der Waals surface area (Å²) in [6, 6.07) is 11.1. The van der Waals surface area contributed by atoms with E-state index in [4.69, 9.17) is 5.11 Å². The molecule has 1 aromatic carbocycles. The van der Waals surface area contributed by atoms with Crippen LogP contribution in [-0.2, 0) is 0 Å². The van der Waals surface area contributed by atoms with E-state index in [2.05, 4.69) is 19.1 Å². The molecule has 71 valence electrons. The maximum atomic E-state index is 9.08. The molecule has 3 heteroatoms. The molecule has 2 unspecified atom stereocenters. The Balaban J connectivity index is 2.44. The predicted octanol–water partition coefficient (Wildman–Crippen LogP) is 3.27. The molecule has 0 aliphatic carbocycles. The lowest BCUT2D eigenvalue weighted by molar-refractivity contribution is 0.285. The van der Waals surface area contributed by atoms with E-state index in [1.54, 1.807) is 17.7 Å². The van der Waals surface area contributed by atoms with Gasteiger partial charge < -0.3 is 5.11 Å². The maximum Gasteiger partial charge on any atom is 0.106 e. The smallest absolute Gasteiger partial charge is 0.106 e. The molecule has 2 atom stereocenters. The zero-order chi connectivity index (χ0) is 9.68. The quantitative estimate of drug-likeness (QED) is 0.612. The fraction of sp³-hybridized carbons (Fsp3) is 0.400. The molecular formula is C10H13OS2. The van der Waals surface area contributed by atoms with Gasteiger partial charge >= 0.3 is 0 Å². The molecule has 0 saturated carbocycles. The van der Waals surface area contributed by atoms with Gasteiger partial charge in [-0.05, 0) is 25.5 Å². The highest BCUT2D eigenvalue weighted by molar-refractivity contribution is 8.76. The first kappa shape index (κ1) is 11.0. The van der Waals surface area contributed by atoms with Gasteiger partial charge in [0.1, 0.15) is 5.44 Å². The lowest BCUT2D eigenvalue weighted by Crippen LogP contribution is -1.91. The van der Waals surface area contributed by atoms with E-state index < -0.39 is 0 Å². The van der Waals surface area contributed by atoms with Crippen molar-refractivity contribution in [2.75, 3.05) is 0 Å². The number of aliphatic hydroxyl groups is 1. The number of hydrogen-bond donors (Lipinski definition) is 1. The van der Waals surface area contributed by atoms with Crippen molar-refractivity contribution in [3.8, 4) is 0 Å². The summed E-state index contributed by atoms with van der Waals surface area (Å²) in [6.07, 6.45) is 0. The van der Waals surface area contributed by atoms with Crippen LogP contribution in [0.15, 0.2) is 24.3 Å². The zero-order valence-corrected chi connectivity index (χ0v) is 9.36. The molecule has 0 aromatic heterocycles. The molecule has 0 aliphatic rings. The molecule has 0 bridgehead atoms. The molecule has 0 amide bonds. The highest BCUT2D eigenvalue weighted by Gasteiger charge is 2.07. The lowest BCUT2D eigenvalue weighted by atomic mass is 10.2. The second-order valence-electron chi connectivity index (χ2n) is 2.75. The predicted molar refractivity (Wildman–Crippen MR) is 60.6 cm³/mol. The average molecular weight is 213 g/mol. The summed E-state index contributed by atoms with van der Waals surface area (Å²) in [5.41, 5.74) is 0.872. The lowest BCUT2D eigenvalue weighted by Gasteiger charge is -2.10. The van der Waals surface area contributed by atoms with Crippen molar-refractivity contribution >= 4 is 21.6 Å². The van der Waals surface area contributed by atoms with Gasteiger partial charge in [-0.3, -0.25) is 0 Å². The highest BCUT2D eigenvalue weighted by Crippen LogP contribution is 2.38. The van der Waals surface area contributed by atoms with Gasteiger partial charge in [-0.15, -0.1) is 0 Å². The Kier molecular flexibility index (Phi) is 4.70. The van der Waals surface area contributed by atoms with Gasteiger partial charge in [0.15, 0.2) is 0 Å². The Morgan fingerprint density at radius 1 is 1.31 bits per heavy atom.